The summed E-state index contributed by atoms with van der Waals surface area (Å²) in [6.07, 6.45) is 5.80. The van der Waals surface area contributed by atoms with Crippen LogP contribution in [0.2, 0.25) is 0 Å². The average Bonchev–Trinajstić information content (AvgIpc) is 3.40. The van der Waals surface area contributed by atoms with Crippen molar-refractivity contribution in [2.24, 2.45) is 11.8 Å². The first-order chi connectivity index (χ1) is 16.2. The Hall–Kier alpha value is -1.58. The fourth-order valence-corrected chi connectivity index (χ4v) is 6.58. The molecule has 0 radical (unpaired) electrons. The van der Waals surface area contributed by atoms with Gasteiger partial charge in [0.2, 0.25) is 0 Å². The first-order valence-corrected chi connectivity index (χ1v) is 13.8. The molecule has 4 nitrogen and oxygen atoms in total. The molecule has 4 rings (SSSR count). The summed E-state index contributed by atoms with van der Waals surface area (Å²) >= 11 is 3.05. The van der Waals surface area contributed by atoms with Crippen molar-refractivity contribution in [1.29, 1.82) is 0 Å². The van der Waals surface area contributed by atoms with Gasteiger partial charge < -0.3 is 0 Å². The lowest BCUT2D eigenvalue weighted by atomic mass is 9.78. The molecule has 0 aromatic carbocycles. The summed E-state index contributed by atoms with van der Waals surface area (Å²) < 4.78 is 37.5. The van der Waals surface area contributed by atoms with Crippen LogP contribution in [-0.4, -0.2) is 39.9 Å². The molecule has 9 heteroatoms. The van der Waals surface area contributed by atoms with Crippen LogP contribution in [0.4, 0.5) is 13.2 Å². The number of hydrogen-bond donors (Lipinski definition) is 0. The highest BCUT2D eigenvalue weighted by molar-refractivity contribution is 7.11. The van der Waals surface area contributed by atoms with Gasteiger partial charge in [0.05, 0.1) is 21.4 Å². The van der Waals surface area contributed by atoms with Crippen molar-refractivity contribution in [3.63, 3.8) is 0 Å². The van der Waals surface area contributed by atoms with E-state index in [4.69, 9.17) is 0 Å². The van der Waals surface area contributed by atoms with E-state index in [1.54, 1.807) is 17.4 Å². The van der Waals surface area contributed by atoms with Crippen LogP contribution in [0.5, 0.6) is 0 Å². The second kappa shape index (κ2) is 11.4. The highest BCUT2D eigenvalue weighted by Gasteiger charge is 2.29. The molecule has 1 fully saturated rings. The summed E-state index contributed by atoms with van der Waals surface area (Å²) in [6, 6.07) is 0. The molecular formula is C25H32F3N3OS2. The number of nitrogens with zero attached hydrogens (tertiary/aromatic N) is 3. The van der Waals surface area contributed by atoms with Crippen LogP contribution in [0.1, 0.15) is 71.2 Å². The Balaban J connectivity index is 1.15. The number of thiazole rings is 2. The van der Waals surface area contributed by atoms with Crippen LogP contribution in [0, 0.1) is 18.8 Å². The van der Waals surface area contributed by atoms with Gasteiger partial charge in [0, 0.05) is 42.6 Å². The molecule has 0 atom stereocenters. The molecule has 0 bridgehead atoms. The van der Waals surface area contributed by atoms with Crippen molar-refractivity contribution < 1.29 is 18.0 Å². The maximum absolute atomic E-state index is 12.5. The third-order valence-corrected chi connectivity index (χ3v) is 8.87. The molecule has 0 saturated heterocycles. The van der Waals surface area contributed by atoms with Gasteiger partial charge in [-0.05, 0) is 63.1 Å². The molecular weight excluding hydrogens is 479 g/mol. The van der Waals surface area contributed by atoms with E-state index in [-0.39, 0.29) is 12.2 Å². The molecule has 1 aliphatic carbocycles. The number of aryl methyl sites for hydroxylation is 2. The molecule has 2 aromatic heterocycles. The largest absolute Gasteiger partial charge is 0.389 e. The molecule has 1 aliphatic heterocycles. The minimum absolute atomic E-state index is 0.00670. The van der Waals surface area contributed by atoms with E-state index in [0.717, 1.165) is 66.6 Å². The monoisotopic (exact) mass is 511 g/mol. The van der Waals surface area contributed by atoms with Crippen molar-refractivity contribution in [2.75, 3.05) is 13.1 Å². The molecule has 3 heterocycles. The minimum atomic E-state index is -4.12. The molecule has 0 spiro atoms. The van der Waals surface area contributed by atoms with Crippen LogP contribution < -0.4 is 0 Å². The van der Waals surface area contributed by atoms with Gasteiger partial charge in [0.25, 0.3) is 0 Å². The molecule has 2 aliphatic rings. The molecule has 0 amide bonds. The maximum atomic E-state index is 12.5. The van der Waals surface area contributed by atoms with E-state index in [1.165, 1.54) is 24.2 Å². The SMILES string of the molecule is Cc1nc(/C=C/C(=O)CC2CCC(CCN3CCc4sc(CCC(F)(F)F)nc4C3)CC2)cs1. The Morgan fingerprint density at radius 3 is 2.68 bits per heavy atom. The number of aromatic nitrogens is 2. The molecule has 186 valence electrons. The predicted molar refractivity (Wildman–Crippen MR) is 131 cm³/mol. The minimum Gasteiger partial charge on any atom is -0.297 e. The van der Waals surface area contributed by atoms with Crippen LogP contribution in [0.3, 0.4) is 0 Å². The van der Waals surface area contributed by atoms with E-state index < -0.39 is 12.6 Å². The van der Waals surface area contributed by atoms with Gasteiger partial charge in [-0.15, -0.1) is 22.7 Å². The van der Waals surface area contributed by atoms with Crippen molar-refractivity contribution in [1.82, 2.24) is 14.9 Å². The molecule has 0 N–H and O–H groups in total. The van der Waals surface area contributed by atoms with E-state index in [9.17, 15) is 18.0 Å². The topological polar surface area (TPSA) is 46.1 Å². The zero-order chi connectivity index (χ0) is 24.1. The van der Waals surface area contributed by atoms with E-state index >= 15 is 0 Å². The molecule has 34 heavy (non-hydrogen) atoms. The van der Waals surface area contributed by atoms with Crippen molar-refractivity contribution in [2.45, 2.75) is 77.4 Å². The zero-order valence-corrected chi connectivity index (χ0v) is 21.2. The van der Waals surface area contributed by atoms with Gasteiger partial charge in [0.1, 0.15) is 0 Å². The molecule has 2 aromatic rings. The smallest absolute Gasteiger partial charge is 0.297 e. The lowest BCUT2D eigenvalue weighted by Gasteiger charge is -2.31. The summed E-state index contributed by atoms with van der Waals surface area (Å²) in [7, 11) is 0. The van der Waals surface area contributed by atoms with E-state index in [2.05, 4.69) is 14.9 Å². The Bertz CT molecular complexity index is 990. The van der Waals surface area contributed by atoms with Gasteiger partial charge in [-0.25, -0.2) is 9.97 Å². The number of carbonyl (C=O) groups excluding carboxylic acids is 1. The summed E-state index contributed by atoms with van der Waals surface area (Å²) in [5.41, 5.74) is 1.84. The first kappa shape index (κ1) is 25.5. The van der Waals surface area contributed by atoms with Crippen LogP contribution >= 0.6 is 22.7 Å². The average molecular weight is 512 g/mol. The second-order valence-corrected chi connectivity index (χ2v) is 11.8. The third kappa shape index (κ3) is 7.71. The van der Waals surface area contributed by atoms with Gasteiger partial charge >= 0.3 is 6.18 Å². The van der Waals surface area contributed by atoms with Gasteiger partial charge in [-0.1, -0.05) is 12.8 Å². The number of hydrogen-bond acceptors (Lipinski definition) is 6. The summed E-state index contributed by atoms with van der Waals surface area (Å²) in [6.45, 7) is 4.69. The van der Waals surface area contributed by atoms with E-state index in [1.807, 2.05) is 18.4 Å². The molecule has 1 saturated carbocycles. The van der Waals surface area contributed by atoms with Crippen molar-refractivity contribution in [3.8, 4) is 0 Å². The van der Waals surface area contributed by atoms with Gasteiger partial charge in [-0.3, -0.25) is 9.69 Å². The summed E-state index contributed by atoms with van der Waals surface area (Å²) in [5, 5.41) is 3.59. The Morgan fingerprint density at radius 1 is 1.21 bits per heavy atom. The fraction of sp³-hybridized carbons (Fsp3) is 0.640. The number of carbonyl (C=O) groups is 1. The zero-order valence-electron chi connectivity index (χ0n) is 19.6. The highest BCUT2D eigenvalue weighted by atomic mass is 32.1. The van der Waals surface area contributed by atoms with Crippen molar-refractivity contribution in [3.05, 3.63) is 37.7 Å². The number of alkyl halides is 3. The Morgan fingerprint density at radius 2 is 1.97 bits per heavy atom. The standard InChI is InChI=1S/C25H32F3N3OS2/c1-17-29-20(16-33-17)6-7-21(32)14-19-4-2-18(3-5-19)9-12-31-13-10-23-22(15-31)30-24(34-23)8-11-25(26,27)28/h6-7,16,18-19H,2-5,8-15H2,1H3/b7-6+. The number of fused-ring (bicyclic) bond motifs is 1. The molecule has 0 unspecified atom stereocenters. The Labute approximate surface area is 207 Å². The summed E-state index contributed by atoms with van der Waals surface area (Å²) in [4.78, 5) is 24.8. The normalized spacial score (nSPS) is 21.8. The lowest BCUT2D eigenvalue weighted by molar-refractivity contribution is -0.134. The third-order valence-electron chi connectivity index (χ3n) is 6.86. The number of halogens is 3. The van der Waals surface area contributed by atoms with Crippen LogP contribution in [-0.2, 0) is 24.2 Å². The van der Waals surface area contributed by atoms with Gasteiger partial charge in [-0.2, -0.15) is 13.2 Å². The van der Waals surface area contributed by atoms with Gasteiger partial charge in [0.15, 0.2) is 5.78 Å². The number of rotatable bonds is 9. The van der Waals surface area contributed by atoms with Crippen molar-refractivity contribution >= 4 is 34.5 Å². The number of ketones is 1. The fourth-order valence-electron chi connectivity index (χ4n) is 4.93. The van der Waals surface area contributed by atoms with E-state index in [0.29, 0.717) is 23.3 Å². The highest BCUT2D eigenvalue weighted by Crippen LogP contribution is 2.34. The lowest BCUT2D eigenvalue weighted by Crippen LogP contribution is -2.32. The second-order valence-electron chi connectivity index (χ2n) is 9.59. The van der Waals surface area contributed by atoms with Crippen LogP contribution in [0.15, 0.2) is 11.5 Å². The predicted octanol–water partition coefficient (Wildman–Crippen LogP) is 6.63. The summed E-state index contributed by atoms with van der Waals surface area (Å²) in [5.74, 6) is 1.36. The number of allylic oxidation sites excluding steroid dienone is 1. The maximum Gasteiger partial charge on any atom is 0.389 e. The quantitative estimate of drug-likeness (QED) is 0.355. The first-order valence-electron chi connectivity index (χ1n) is 12.1. The van der Waals surface area contributed by atoms with Crippen LogP contribution in [0.25, 0.3) is 6.08 Å². The Kier molecular flexibility index (Phi) is 8.58.